The number of methoxy groups -OCH3 is 4. The molecule has 0 radical (unpaired) electrons. The summed E-state index contributed by atoms with van der Waals surface area (Å²) in [6.45, 7) is 1.72. The van der Waals surface area contributed by atoms with Gasteiger partial charge in [0, 0.05) is 6.54 Å². The lowest BCUT2D eigenvalue weighted by Crippen LogP contribution is -2.56. The Morgan fingerprint density at radius 1 is 0.938 bits per heavy atom. The Morgan fingerprint density at radius 2 is 1.56 bits per heavy atom. The van der Waals surface area contributed by atoms with E-state index in [1.165, 1.54) is 28.4 Å². The maximum Gasteiger partial charge on any atom is 0.329 e. The van der Waals surface area contributed by atoms with Crippen LogP contribution < -0.4 is 29.6 Å². The van der Waals surface area contributed by atoms with Crippen LogP contribution in [-0.2, 0) is 20.9 Å². The standard InChI is InChI=1S/C23H30N2O7/c1-23(22(27)31-5,15-32-17-9-7-6-8-10-17)25-14-20(26)24-13-16-11-18(28-2)21(30-4)19(12-16)29-3/h6-12,25H,13-15H2,1-5H3,(H,24,26). The Morgan fingerprint density at radius 3 is 2.09 bits per heavy atom. The van der Waals surface area contributed by atoms with Crippen LogP contribution in [0.25, 0.3) is 0 Å². The van der Waals surface area contributed by atoms with Crippen LogP contribution in [-0.4, -0.2) is 59.0 Å². The maximum atomic E-state index is 12.4. The van der Waals surface area contributed by atoms with Crippen molar-refractivity contribution in [1.82, 2.24) is 10.6 Å². The van der Waals surface area contributed by atoms with Crippen molar-refractivity contribution in [3.05, 3.63) is 48.0 Å². The second-order valence-corrected chi connectivity index (χ2v) is 7.09. The Bertz CT molecular complexity index is 879. The minimum atomic E-state index is -1.21. The summed E-state index contributed by atoms with van der Waals surface area (Å²) in [5, 5.41) is 5.73. The van der Waals surface area contributed by atoms with Crippen LogP contribution in [0.1, 0.15) is 12.5 Å². The Kier molecular flexibility index (Phi) is 9.15. The molecular formula is C23H30N2O7. The highest BCUT2D eigenvalue weighted by Gasteiger charge is 2.35. The van der Waals surface area contributed by atoms with Crippen LogP contribution in [0.5, 0.6) is 23.0 Å². The van der Waals surface area contributed by atoms with Crippen molar-refractivity contribution in [1.29, 1.82) is 0 Å². The first-order chi connectivity index (χ1) is 15.4. The van der Waals surface area contributed by atoms with Crippen molar-refractivity contribution in [2.75, 3.05) is 41.6 Å². The zero-order valence-corrected chi connectivity index (χ0v) is 19.0. The molecule has 1 atom stereocenters. The van der Waals surface area contributed by atoms with Crippen molar-refractivity contribution < 1.29 is 33.3 Å². The van der Waals surface area contributed by atoms with Gasteiger partial charge in [-0.2, -0.15) is 0 Å². The number of esters is 1. The molecule has 9 nitrogen and oxygen atoms in total. The lowest BCUT2D eigenvalue weighted by Gasteiger charge is -2.27. The van der Waals surface area contributed by atoms with Gasteiger partial charge in [0.15, 0.2) is 11.5 Å². The average molecular weight is 447 g/mol. The quantitative estimate of drug-likeness (QED) is 0.477. The maximum absolute atomic E-state index is 12.4. The van der Waals surface area contributed by atoms with E-state index in [-0.39, 0.29) is 25.6 Å². The predicted molar refractivity (Wildman–Crippen MR) is 118 cm³/mol. The highest BCUT2D eigenvalue weighted by Crippen LogP contribution is 2.38. The molecule has 0 aliphatic heterocycles. The molecule has 0 saturated carbocycles. The molecule has 0 aliphatic carbocycles. The molecule has 0 aromatic heterocycles. The van der Waals surface area contributed by atoms with Crippen molar-refractivity contribution in [2.24, 2.45) is 0 Å². The molecule has 2 N–H and O–H groups in total. The molecule has 0 saturated heterocycles. The topological polar surface area (TPSA) is 104 Å². The number of ether oxygens (including phenoxy) is 5. The number of hydrogen-bond donors (Lipinski definition) is 2. The number of amides is 1. The normalized spacial score (nSPS) is 12.3. The molecule has 0 bridgehead atoms. The van der Waals surface area contributed by atoms with Gasteiger partial charge in [0.1, 0.15) is 17.9 Å². The Balaban J connectivity index is 1.97. The van der Waals surface area contributed by atoms with Gasteiger partial charge < -0.3 is 29.0 Å². The van der Waals surface area contributed by atoms with Crippen molar-refractivity contribution in [2.45, 2.75) is 19.0 Å². The van der Waals surface area contributed by atoms with Gasteiger partial charge in [-0.15, -0.1) is 0 Å². The van der Waals surface area contributed by atoms with Crippen LogP contribution in [0.15, 0.2) is 42.5 Å². The smallest absolute Gasteiger partial charge is 0.329 e. The highest BCUT2D eigenvalue weighted by atomic mass is 16.5. The van der Waals surface area contributed by atoms with Crippen LogP contribution in [0.3, 0.4) is 0 Å². The number of carbonyl (C=O) groups excluding carboxylic acids is 2. The fourth-order valence-electron chi connectivity index (χ4n) is 2.93. The van der Waals surface area contributed by atoms with E-state index in [9.17, 15) is 9.59 Å². The summed E-state index contributed by atoms with van der Waals surface area (Å²) in [6, 6.07) is 12.6. The second-order valence-electron chi connectivity index (χ2n) is 7.09. The van der Waals surface area contributed by atoms with Gasteiger partial charge in [-0.25, -0.2) is 4.79 Å². The van der Waals surface area contributed by atoms with Gasteiger partial charge in [-0.1, -0.05) is 18.2 Å². The predicted octanol–water partition coefficient (Wildman–Crippen LogP) is 1.93. The van der Waals surface area contributed by atoms with Gasteiger partial charge in [0.25, 0.3) is 0 Å². The zero-order chi connectivity index (χ0) is 23.6. The first-order valence-electron chi connectivity index (χ1n) is 9.93. The number of nitrogens with one attached hydrogen (secondary N) is 2. The number of benzene rings is 2. The molecule has 32 heavy (non-hydrogen) atoms. The Hall–Kier alpha value is -3.46. The summed E-state index contributed by atoms with van der Waals surface area (Å²) in [5.41, 5.74) is -0.454. The highest BCUT2D eigenvalue weighted by molar-refractivity contribution is 5.83. The summed E-state index contributed by atoms with van der Waals surface area (Å²) in [5.74, 6) is 1.21. The van der Waals surface area contributed by atoms with Crippen LogP contribution in [0, 0.1) is 0 Å². The van der Waals surface area contributed by atoms with Crippen LogP contribution in [0.2, 0.25) is 0 Å². The number of carbonyl (C=O) groups is 2. The van der Waals surface area contributed by atoms with E-state index in [0.29, 0.717) is 23.0 Å². The molecule has 0 fully saturated rings. The van der Waals surface area contributed by atoms with E-state index >= 15 is 0 Å². The van der Waals surface area contributed by atoms with Gasteiger partial charge in [0.2, 0.25) is 11.7 Å². The van der Waals surface area contributed by atoms with E-state index in [1.807, 2.05) is 18.2 Å². The van der Waals surface area contributed by atoms with Crippen LogP contribution in [0.4, 0.5) is 0 Å². The molecule has 9 heteroatoms. The lowest BCUT2D eigenvalue weighted by atomic mass is 10.0. The number of para-hydroxylation sites is 1. The Labute approximate surface area is 187 Å². The van der Waals surface area contributed by atoms with E-state index in [2.05, 4.69) is 10.6 Å². The molecule has 1 amide bonds. The van der Waals surface area contributed by atoms with Gasteiger partial charge in [0.05, 0.1) is 35.0 Å². The third kappa shape index (κ3) is 6.52. The molecule has 2 aromatic carbocycles. The molecule has 0 heterocycles. The van der Waals surface area contributed by atoms with Gasteiger partial charge >= 0.3 is 5.97 Å². The van der Waals surface area contributed by atoms with Gasteiger partial charge in [-0.3, -0.25) is 10.1 Å². The van der Waals surface area contributed by atoms with E-state index in [4.69, 9.17) is 23.7 Å². The molecular weight excluding hydrogens is 416 g/mol. The molecule has 0 spiro atoms. The molecule has 1 unspecified atom stereocenters. The van der Waals surface area contributed by atoms with Crippen molar-refractivity contribution in [3.8, 4) is 23.0 Å². The largest absolute Gasteiger partial charge is 0.493 e. The number of rotatable bonds is 12. The van der Waals surface area contributed by atoms with E-state index in [0.717, 1.165) is 5.56 Å². The monoisotopic (exact) mass is 446 g/mol. The summed E-state index contributed by atoms with van der Waals surface area (Å²) in [4.78, 5) is 24.7. The summed E-state index contributed by atoms with van der Waals surface area (Å²) < 4.78 is 26.5. The fraction of sp³-hybridized carbons (Fsp3) is 0.391. The summed E-state index contributed by atoms with van der Waals surface area (Å²) in [6.07, 6.45) is 0. The molecule has 2 rings (SSSR count). The van der Waals surface area contributed by atoms with Crippen LogP contribution >= 0.6 is 0 Å². The summed E-state index contributed by atoms with van der Waals surface area (Å²) >= 11 is 0. The number of hydrogen-bond acceptors (Lipinski definition) is 8. The zero-order valence-electron chi connectivity index (χ0n) is 19.0. The third-order valence-electron chi connectivity index (χ3n) is 4.76. The minimum absolute atomic E-state index is 0.0101. The molecule has 0 aliphatic rings. The SMILES string of the molecule is COC(=O)C(C)(COc1ccccc1)NCC(=O)NCc1cc(OC)c(OC)c(OC)c1. The third-order valence-corrected chi connectivity index (χ3v) is 4.76. The van der Waals surface area contributed by atoms with Crippen molar-refractivity contribution >= 4 is 11.9 Å². The van der Waals surface area contributed by atoms with E-state index in [1.54, 1.807) is 31.2 Å². The first-order valence-corrected chi connectivity index (χ1v) is 9.93. The minimum Gasteiger partial charge on any atom is -0.493 e. The lowest BCUT2D eigenvalue weighted by molar-refractivity contribution is -0.149. The molecule has 2 aromatic rings. The van der Waals surface area contributed by atoms with Gasteiger partial charge in [-0.05, 0) is 36.8 Å². The van der Waals surface area contributed by atoms with Crippen molar-refractivity contribution in [3.63, 3.8) is 0 Å². The van der Waals surface area contributed by atoms with E-state index < -0.39 is 11.5 Å². The average Bonchev–Trinajstić information content (AvgIpc) is 2.84. The fourth-order valence-corrected chi connectivity index (χ4v) is 2.93. The second kappa shape index (κ2) is 11.8. The first kappa shape index (κ1) is 24.8. The molecule has 174 valence electrons. The summed E-state index contributed by atoms with van der Waals surface area (Å²) in [7, 11) is 5.85.